The van der Waals surface area contributed by atoms with Crippen molar-refractivity contribution in [2.75, 3.05) is 6.61 Å². The molecule has 0 aliphatic heterocycles. The van der Waals surface area contributed by atoms with E-state index < -0.39 is 30.1 Å². The van der Waals surface area contributed by atoms with Crippen LogP contribution in [0.25, 0.3) is 11.1 Å². The molecule has 0 fully saturated rings. The Hall–Kier alpha value is -3.35. The van der Waals surface area contributed by atoms with Gasteiger partial charge >= 0.3 is 12.1 Å². The lowest BCUT2D eigenvalue weighted by atomic mass is 9.95. The van der Waals surface area contributed by atoms with Gasteiger partial charge in [-0.15, -0.1) is 0 Å². The van der Waals surface area contributed by atoms with E-state index in [1.54, 1.807) is 6.92 Å². The van der Waals surface area contributed by atoms with Gasteiger partial charge in [0.15, 0.2) is 0 Å². The van der Waals surface area contributed by atoms with Crippen LogP contribution in [0, 0.1) is 11.8 Å². The van der Waals surface area contributed by atoms with Crippen LogP contribution in [0.15, 0.2) is 48.5 Å². The summed E-state index contributed by atoms with van der Waals surface area (Å²) in [5.41, 5.74) is 4.47. The molecule has 0 saturated heterocycles. The summed E-state index contributed by atoms with van der Waals surface area (Å²) in [6.07, 6.45) is 0.533. The summed E-state index contributed by atoms with van der Waals surface area (Å²) in [6, 6.07) is 14.2. The van der Waals surface area contributed by atoms with E-state index in [1.807, 2.05) is 57.2 Å². The predicted molar refractivity (Wildman–Crippen MR) is 130 cm³/mol. The largest absolute Gasteiger partial charge is 0.480 e. The molecule has 2 amide bonds. The van der Waals surface area contributed by atoms with E-state index in [0.29, 0.717) is 12.8 Å². The van der Waals surface area contributed by atoms with Crippen LogP contribution in [0.3, 0.4) is 0 Å². The minimum Gasteiger partial charge on any atom is -0.480 e. The van der Waals surface area contributed by atoms with Crippen molar-refractivity contribution in [3.8, 4) is 11.1 Å². The number of rotatable bonds is 10. The molecule has 34 heavy (non-hydrogen) atoms. The van der Waals surface area contributed by atoms with E-state index in [9.17, 15) is 19.5 Å². The second-order valence-electron chi connectivity index (χ2n) is 9.04. The monoisotopic (exact) mass is 466 g/mol. The number of hydrogen-bond donors (Lipinski definition) is 3. The topological polar surface area (TPSA) is 105 Å². The number of aliphatic carboxylic acids is 1. The number of fused-ring (bicyclic) bond motifs is 3. The fraction of sp³-hybridized carbons (Fsp3) is 0.444. The molecule has 1 aliphatic rings. The summed E-state index contributed by atoms with van der Waals surface area (Å²) in [7, 11) is 0. The standard InChI is InChI=1S/C27H34N2O5/c1-5-16(3)23(25(30)28-24(26(31)32)17(4)6-2)29-27(33)34-15-22-20-13-9-7-11-18(20)19-12-8-10-14-21(19)22/h7-14,16-17,22-24H,5-6,15H2,1-4H3,(H,28,30)(H,29,33)(H,31,32)/t16?,17?,23-,24?/m0/s1. The van der Waals surface area contributed by atoms with Crippen molar-refractivity contribution in [1.82, 2.24) is 10.6 Å². The Labute approximate surface area is 200 Å². The third kappa shape index (κ3) is 5.41. The first kappa shape index (κ1) is 25.3. The van der Waals surface area contributed by atoms with Crippen LogP contribution >= 0.6 is 0 Å². The summed E-state index contributed by atoms with van der Waals surface area (Å²) in [5.74, 6) is -2.14. The first-order chi connectivity index (χ1) is 16.3. The zero-order chi connectivity index (χ0) is 24.8. The number of carbonyl (C=O) groups excluding carboxylic acids is 2. The molecule has 7 heteroatoms. The molecule has 3 N–H and O–H groups in total. The zero-order valence-corrected chi connectivity index (χ0v) is 20.2. The molecule has 0 saturated carbocycles. The number of amides is 2. The molecule has 0 bridgehead atoms. The highest BCUT2D eigenvalue weighted by Gasteiger charge is 2.33. The van der Waals surface area contributed by atoms with Crippen LogP contribution in [0.5, 0.6) is 0 Å². The summed E-state index contributed by atoms with van der Waals surface area (Å²) in [5, 5.41) is 14.8. The van der Waals surface area contributed by atoms with Gasteiger partial charge in [0.1, 0.15) is 18.7 Å². The minimum atomic E-state index is -1.09. The summed E-state index contributed by atoms with van der Waals surface area (Å²) < 4.78 is 5.59. The van der Waals surface area contributed by atoms with Gasteiger partial charge in [0.2, 0.25) is 5.91 Å². The van der Waals surface area contributed by atoms with Crippen LogP contribution in [-0.2, 0) is 14.3 Å². The van der Waals surface area contributed by atoms with Crippen LogP contribution in [0.1, 0.15) is 57.6 Å². The first-order valence-corrected chi connectivity index (χ1v) is 11.9. The molecule has 0 radical (unpaired) electrons. The lowest BCUT2D eigenvalue weighted by Gasteiger charge is -2.27. The molecule has 3 unspecified atom stereocenters. The average molecular weight is 467 g/mol. The second-order valence-corrected chi connectivity index (χ2v) is 9.04. The Morgan fingerprint density at radius 1 is 0.853 bits per heavy atom. The van der Waals surface area contributed by atoms with E-state index in [-0.39, 0.29) is 24.4 Å². The van der Waals surface area contributed by atoms with Gasteiger partial charge in [-0.3, -0.25) is 4.79 Å². The van der Waals surface area contributed by atoms with E-state index in [2.05, 4.69) is 22.8 Å². The highest BCUT2D eigenvalue weighted by Crippen LogP contribution is 2.44. The minimum absolute atomic E-state index is 0.0872. The van der Waals surface area contributed by atoms with Gasteiger partial charge in [-0.2, -0.15) is 0 Å². The van der Waals surface area contributed by atoms with Crippen molar-refractivity contribution in [2.45, 2.75) is 58.5 Å². The number of benzene rings is 2. The molecule has 0 heterocycles. The van der Waals surface area contributed by atoms with Gasteiger partial charge in [-0.1, -0.05) is 89.1 Å². The van der Waals surface area contributed by atoms with E-state index in [0.717, 1.165) is 22.3 Å². The van der Waals surface area contributed by atoms with Gasteiger partial charge in [-0.05, 0) is 34.1 Å². The van der Waals surface area contributed by atoms with Crippen LogP contribution < -0.4 is 10.6 Å². The highest BCUT2D eigenvalue weighted by atomic mass is 16.5. The van der Waals surface area contributed by atoms with Crippen molar-refractivity contribution in [3.05, 3.63) is 59.7 Å². The summed E-state index contributed by atoms with van der Waals surface area (Å²) in [4.78, 5) is 37.3. The number of nitrogens with one attached hydrogen (secondary N) is 2. The number of carboxylic acids is 1. The van der Waals surface area contributed by atoms with Crippen LogP contribution in [0.4, 0.5) is 4.79 Å². The van der Waals surface area contributed by atoms with Crippen molar-refractivity contribution in [1.29, 1.82) is 0 Å². The van der Waals surface area contributed by atoms with Gasteiger partial charge in [0.25, 0.3) is 0 Å². The average Bonchev–Trinajstić information content (AvgIpc) is 3.17. The van der Waals surface area contributed by atoms with E-state index in [1.165, 1.54) is 0 Å². The Morgan fingerprint density at radius 3 is 1.85 bits per heavy atom. The third-order valence-electron chi connectivity index (χ3n) is 6.89. The van der Waals surface area contributed by atoms with Gasteiger partial charge in [0.05, 0.1) is 0 Å². The molecule has 3 rings (SSSR count). The molecular weight excluding hydrogens is 432 g/mol. The number of ether oxygens (including phenoxy) is 1. The smallest absolute Gasteiger partial charge is 0.407 e. The number of hydrogen-bond acceptors (Lipinski definition) is 4. The van der Waals surface area contributed by atoms with Gasteiger partial charge < -0.3 is 20.5 Å². The SMILES string of the molecule is CCC(C)C(NC(=O)[C@@H](NC(=O)OCC1c2ccccc2-c2ccccc21)C(C)CC)C(=O)O. The molecular formula is C27H34N2O5. The lowest BCUT2D eigenvalue weighted by molar-refractivity contribution is -0.143. The maximum Gasteiger partial charge on any atom is 0.407 e. The molecule has 4 atom stereocenters. The highest BCUT2D eigenvalue weighted by molar-refractivity contribution is 5.89. The number of carboxylic acid groups (broad SMARTS) is 1. The zero-order valence-electron chi connectivity index (χ0n) is 20.2. The van der Waals surface area contributed by atoms with Crippen molar-refractivity contribution < 1.29 is 24.2 Å². The summed E-state index contributed by atoms with van der Waals surface area (Å²) in [6.45, 7) is 7.53. The van der Waals surface area contributed by atoms with Gasteiger partial charge in [-0.25, -0.2) is 9.59 Å². The van der Waals surface area contributed by atoms with Crippen molar-refractivity contribution in [2.24, 2.45) is 11.8 Å². The van der Waals surface area contributed by atoms with Crippen LogP contribution in [-0.4, -0.2) is 41.8 Å². The molecule has 2 aromatic carbocycles. The molecule has 7 nitrogen and oxygen atoms in total. The molecule has 1 aliphatic carbocycles. The molecule has 182 valence electrons. The Balaban J connectivity index is 1.69. The maximum atomic E-state index is 13.0. The summed E-state index contributed by atoms with van der Waals surface area (Å²) >= 11 is 0. The second kappa shape index (κ2) is 11.2. The van der Waals surface area contributed by atoms with E-state index >= 15 is 0 Å². The number of carbonyl (C=O) groups is 3. The van der Waals surface area contributed by atoms with Crippen molar-refractivity contribution in [3.63, 3.8) is 0 Å². The van der Waals surface area contributed by atoms with Crippen molar-refractivity contribution >= 4 is 18.0 Å². The lowest BCUT2D eigenvalue weighted by Crippen LogP contribution is -2.55. The normalized spacial score (nSPS) is 15.9. The Bertz CT molecular complexity index is 992. The van der Waals surface area contributed by atoms with E-state index in [4.69, 9.17) is 4.74 Å². The fourth-order valence-electron chi connectivity index (χ4n) is 4.40. The fourth-order valence-corrected chi connectivity index (χ4v) is 4.40. The molecule has 0 aromatic heterocycles. The molecule has 0 spiro atoms. The predicted octanol–water partition coefficient (Wildman–Crippen LogP) is 4.56. The van der Waals surface area contributed by atoms with Gasteiger partial charge in [0, 0.05) is 5.92 Å². The van der Waals surface area contributed by atoms with Crippen LogP contribution in [0.2, 0.25) is 0 Å². The Kier molecular flexibility index (Phi) is 8.31. The quantitative estimate of drug-likeness (QED) is 0.476. The maximum absolute atomic E-state index is 13.0. The molecule has 2 aromatic rings. The third-order valence-corrected chi connectivity index (χ3v) is 6.89. The Morgan fingerprint density at radius 2 is 1.35 bits per heavy atom. The number of alkyl carbamates (subject to hydrolysis) is 1. The first-order valence-electron chi connectivity index (χ1n) is 11.9.